The number of carboxylic acid groups (broad SMARTS) is 1. The summed E-state index contributed by atoms with van der Waals surface area (Å²) in [6, 6.07) is 0. The second-order valence-corrected chi connectivity index (χ2v) is 6.95. The Hall–Kier alpha value is -1.14. The van der Waals surface area contributed by atoms with Crippen molar-refractivity contribution in [1.29, 1.82) is 0 Å². The summed E-state index contributed by atoms with van der Waals surface area (Å²) in [4.78, 5) is 26.6. The van der Waals surface area contributed by atoms with Crippen molar-refractivity contribution in [3.05, 3.63) is 0 Å². The van der Waals surface area contributed by atoms with Crippen LogP contribution in [0.1, 0.15) is 78.1 Å². The van der Waals surface area contributed by atoms with Gasteiger partial charge in [0.25, 0.3) is 0 Å². The Morgan fingerprint density at radius 3 is 1.88 bits per heavy atom. The molecule has 0 atom stereocenters. The lowest BCUT2D eigenvalue weighted by Crippen LogP contribution is -2.41. The Morgan fingerprint density at radius 1 is 0.808 bits per heavy atom. The summed E-state index contributed by atoms with van der Waals surface area (Å²) < 4.78 is 0. The van der Waals surface area contributed by atoms with Gasteiger partial charge >= 0.3 is 5.97 Å². The average molecular weight is 373 g/mol. The largest absolute Gasteiger partial charge is 0.480 e. The van der Waals surface area contributed by atoms with Crippen molar-refractivity contribution in [3.63, 3.8) is 0 Å². The molecule has 154 valence electrons. The Morgan fingerprint density at radius 2 is 1.38 bits per heavy atom. The summed E-state index contributed by atoms with van der Waals surface area (Å²) in [7, 11) is 0. The number of likely N-dealkylation sites (N-methyl/N-ethyl adjacent to an activating group) is 1. The molecule has 2 N–H and O–H groups in total. The van der Waals surface area contributed by atoms with Gasteiger partial charge in [0.2, 0.25) is 5.91 Å². The molecule has 1 amide bonds. The van der Waals surface area contributed by atoms with Crippen LogP contribution in [-0.4, -0.2) is 71.2 Å². The van der Waals surface area contributed by atoms with Gasteiger partial charge in [0.15, 0.2) is 0 Å². The molecule has 0 aliphatic heterocycles. The van der Waals surface area contributed by atoms with Crippen LogP contribution in [-0.2, 0) is 9.59 Å². The molecule has 0 radical (unpaired) electrons. The van der Waals surface area contributed by atoms with Crippen LogP contribution < -0.4 is 0 Å². The normalized spacial score (nSPS) is 11.1. The molecule has 0 unspecified atom stereocenters. The third-order valence-electron chi connectivity index (χ3n) is 4.69. The maximum absolute atomic E-state index is 12.3. The molecule has 6 heteroatoms. The van der Waals surface area contributed by atoms with E-state index in [1.54, 1.807) is 9.80 Å². The predicted octanol–water partition coefficient (Wildman–Crippen LogP) is 3.13. The monoisotopic (exact) mass is 372 g/mol. The highest BCUT2D eigenvalue weighted by atomic mass is 16.4. The zero-order valence-electron chi connectivity index (χ0n) is 16.9. The van der Waals surface area contributed by atoms with Crippen molar-refractivity contribution in [2.45, 2.75) is 78.1 Å². The first-order valence-corrected chi connectivity index (χ1v) is 10.4. The first-order valence-electron chi connectivity index (χ1n) is 10.4. The van der Waals surface area contributed by atoms with Gasteiger partial charge in [-0.05, 0) is 13.3 Å². The van der Waals surface area contributed by atoms with Crippen molar-refractivity contribution >= 4 is 11.9 Å². The number of aliphatic hydroxyl groups excluding tert-OH is 1. The van der Waals surface area contributed by atoms with E-state index in [4.69, 9.17) is 10.2 Å². The summed E-state index contributed by atoms with van der Waals surface area (Å²) in [5.41, 5.74) is 0. The summed E-state index contributed by atoms with van der Waals surface area (Å²) in [5.74, 6) is -0.766. The number of carbonyl (C=O) groups is 2. The van der Waals surface area contributed by atoms with Crippen molar-refractivity contribution in [3.8, 4) is 0 Å². The van der Waals surface area contributed by atoms with E-state index in [0.29, 0.717) is 32.6 Å². The minimum absolute atomic E-state index is 0.0776. The van der Waals surface area contributed by atoms with E-state index in [1.165, 1.54) is 44.9 Å². The van der Waals surface area contributed by atoms with Crippen molar-refractivity contribution in [1.82, 2.24) is 9.80 Å². The fourth-order valence-corrected chi connectivity index (χ4v) is 3.07. The lowest BCUT2D eigenvalue weighted by atomic mass is 10.1. The lowest BCUT2D eigenvalue weighted by molar-refractivity contribution is -0.138. The Bertz CT molecular complexity index is 364. The number of hydrogen-bond donors (Lipinski definition) is 2. The molecule has 6 nitrogen and oxygen atoms in total. The van der Waals surface area contributed by atoms with E-state index >= 15 is 0 Å². The minimum atomic E-state index is -0.914. The Kier molecular flexibility index (Phi) is 16.5. The van der Waals surface area contributed by atoms with Gasteiger partial charge in [-0.15, -0.1) is 0 Å². The van der Waals surface area contributed by atoms with Crippen molar-refractivity contribution in [2.24, 2.45) is 0 Å². The van der Waals surface area contributed by atoms with Gasteiger partial charge < -0.3 is 15.1 Å². The summed E-state index contributed by atoms with van der Waals surface area (Å²) in [6.45, 7) is 5.93. The number of carbonyl (C=O) groups excluding carboxylic acids is 1. The predicted molar refractivity (Wildman–Crippen MR) is 105 cm³/mol. The molecule has 0 rings (SSSR count). The quantitative estimate of drug-likeness (QED) is 0.361. The number of aliphatic hydroxyl groups is 1. The summed E-state index contributed by atoms with van der Waals surface area (Å²) in [6.07, 6.45) is 11.7. The van der Waals surface area contributed by atoms with Crippen LogP contribution in [0.15, 0.2) is 0 Å². The number of hydrogen-bond acceptors (Lipinski definition) is 4. The van der Waals surface area contributed by atoms with E-state index in [0.717, 1.165) is 12.8 Å². The molecule has 0 fully saturated rings. The van der Waals surface area contributed by atoms with E-state index in [9.17, 15) is 9.59 Å². The van der Waals surface area contributed by atoms with Crippen LogP contribution in [0.3, 0.4) is 0 Å². The average Bonchev–Trinajstić information content (AvgIpc) is 2.60. The molecule has 0 bridgehead atoms. The zero-order chi connectivity index (χ0) is 19.6. The fraction of sp³-hybridized carbons (Fsp3) is 0.900. The second-order valence-electron chi connectivity index (χ2n) is 6.95. The van der Waals surface area contributed by atoms with E-state index < -0.39 is 5.97 Å². The van der Waals surface area contributed by atoms with Gasteiger partial charge in [-0.3, -0.25) is 14.5 Å². The summed E-state index contributed by atoms with van der Waals surface area (Å²) in [5, 5.41) is 17.9. The maximum Gasteiger partial charge on any atom is 0.317 e. The molecule has 0 aromatic carbocycles. The molecule has 0 aromatic rings. The molecule has 0 aliphatic rings. The molecular weight excluding hydrogens is 332 g/mol. The molecule has 0 saturated heterocycles. The highest BCUT2D eigenvalue weighted by Crippen LogP contribution is 2.11. The van der Waals surface area contributed by atoms with Gasteiger partial charge in [0.1, 0.15) is 0 Å². The molecule has 0 spiro atoms. The van der Waals surface area contributed by atoms with Crippen LogP contribution in [0, 0.1) is 0 Å². The number of amides is 1. The summed E-state index contributed by atoms with van der Waals surface area (Å²) >= 11 is 0. The smallest absolute Gasteiger partial charge is 0.317 e. The van der Waals surface area contributed by atoms with Gasteiger partial charge in [0, 0.05) is 32.6 Å². The maximum atomic E-state index is 12.3. The Balaban J connectivity index is 3.89. The number of rotatable bonds is 18. The van der Waals surface area contributed by atoms with Crippen LogP contribution in [0.25, 0.3) is 0 Å². The van der Waals surface area contributed by atoms with Gasteiger partial charge in [0.05, 0.1) is 13.2 Å². The highest BCUT2D eigenvalue weighted by Gasteiger charge is 2.14. The molecule has 0 aromatic heterocycles. The first kappa shape index (κ1) is 24.9. The van der Waals surface area contributed by atoms with E-state index in [2.05, 4.69) is 6.92 Å². The molecule has 0 aliphatic carbocycles. The molecular formula is C20H40N2O4. The number of unbranched alkanes of at least 4 members (excludes halogenated alkanes) is 8. The zero-order valence-corrected chi connectivity index (χ0v) is 16.9. The number of aliphatic carboxylic acids is 1. The molecule has 0 heterocycles. The standard InChI is InChI=1S/C20H40N2O4/c1-3-5-6-7-8-9-10-11-12-13-19(24)22(4-2)15-14-21(16-17-23)18-20(25)26/h23H,3-18H2,1-2H3,(H,25,26). The highest BCUT2D eigenvalue weighted by molar-refractivity contribution is 5.76. The second kappa shape index (κ2) is 17.3. The van der Waals surface area contributed by atoms with Gasteiger partial charge in [-0.25, -0.2) is 0 Å². The molecule has 26 heavy (non-hydrogen) atoms. The Labute approximate surface area is 159 Å². The lowest BCUT2D eigenvalue weighted by Gasteiger charge is -2.25. The van der Waals surface area contributed by atoms with Crippen LogP contribution in [0.2, 0.25) is 0 Å². The van der Waals surface area contributed by atoms with Gasteiger partial charge in [-0.1, -0.05) is 58.3 Å². The van der Waals surface area contributed by atoms with E-state index in [-0.39, 0.29) is 19.1 Å². The fourth-order valence-electron chi connectivity index (χ4n) is 3.07. The first-order chi connectivity index (χ1) is 12.5. The topological polar surface area (TPSA) is 81.1 Å². The number of carboxylic acids is 1. The minimum Gasteiger partial charge on any atom is -0.480 e. The SMILES string of the molecule is CCCCCCCCCCCC(=O)N(CC)CCN(CCO)CC(=O)O. The van der Waals surface area contributed by atoms with Gasteiger partial charge in [-0.2, -0.15) is 0 Å². The van der Waals surface area contributed by atoms with Crippen LogP contribution in [0.4, 0.5) is 0 Å². The third-order valence-corrected chi connectivity index (χ3v) is 4.69. The van der Waals surface area contributed by atoms with Crippen molar-refractivity contribution < 1.29 is 19.8 Å². The van der Waals surface area contributed by atoms with Crippen LogP contribution in [0.5, 0.6) is 0 Å². The third kappa shape index (κ3) is 14.1. The van der Waals surface area contributed by atoms with E-state index in [1.807, 2.05) is 6.92 Å². The van der Waals surface area contributed by atoms with Crippen molar-refractivity contribution in [2.75, 3.05) is 39.3 Å². The molecule has 0 saturated carbocycles. The number of nitrogens with zero attached hydrogens (tertiary/aromatic N) is 2. The van der Waals surface area contributed by atoms with Crippen LogP contribution >= 0.6 is 0 Å².